The van der Waals surface area contributed by atoms with Crippen molar-refractivity contribution >= 4 is 59.1 Å². The molecule has 0 bridgehead atoms. The van der Waals surface area contributed by atoms with Crippen LogP contribution in [0.25, 0.3) is 0 Å². The number of carboxylic acid groups (broad SMARTS) is 1. The second-order valence-electron chi connectivity index (χ2n) is 7.04. The number of carboxylic acids is 1. The number of β-lactam (4-membered cyclic amide) rings is 1. The Kier molecular flexibility index (Phi) is 8.19. The number of amidine groups is 1. The SMILES string of the molecule is C=CCON=C(C(=O)NC1C(=O)N2CC(CSC=CC#N)(C(=O)O)CS[C@H]12)N1C=C(N)SN1. The van der Waals surface area contributed by atoms with Crippen LogP contribution in [-0.4, -0.2) is 74.7 Å². The van der Waals surface area contributed by atoms with E-state index in [0.29, 0.717) is 5.03 Å². The second-order valence-corrected chi connectivity index (χ2v) is 9.90. The van der Waals surface area contributed by atoms with Crippen molar-refractivity contribution in [3.63, 3.8) is 0 Å². The Morgan fingerprint density at radius 1 is 1.61 bits per heavy atom. The van der Waals surface area contributed by atoms with Crippen LogP contribution in [0, 0.1) is 16.7 Å². The van der Waals surface area contributed by atoms with E-state index in [1.165, 1.54) is 57.2 Å². The molecular formula is C18H21N7O5S3. The number of allylic oxidation sites excluding steroid dienone is 1. The zero-order valence-corrected chi connectivity index (χ0v) is 19.6. The molecule has 0 aromatic heterocycles. The normalized spacial score (nSPS) is 26.8. The number of nitrogens with one attached hydrogen (secondary N) is 2. The van der Waals surface area contributed by atoms with Gasteiger partial charge in [0.05, 0.1) is 12.3 Å². The Balaban J connectivity index is 1.66. The molecule has 2 amide bonds. The summed E-state index contributed by atoms with van der Waals surface area (Å²) in [6.45, 7) is 3.61. The molecule has 0 aromatic rings. The lowest BCUT2D eigenvalue weighted by atomic mass is 9.89. The van der Waals surface area contributed by atoms with Crippen LogP contribution in [0.2, 0.25) is 0 Å². The molecule has 2 unspecified atom stereocenters. The maximum atomic E-state index is 12.9. The summed E-state index contributed by atoms with van der Waals surface area (Å²) < 4.78 is 0. The van der Waals surface area contributed by atoms with E-state index in [1.54, 1.807) is 0 Å². The van der Waals surface area contributed by atoms with Crippen molar-refractivity contribution in [2.45, 2.75) is 11.4 Å². The van der Waals surface area contributed by atoms with E-state index in [0.717, 1.165) is 11.9 Å². The van der Waals surface area contributed by atoms with Gasteiger partial charge in [0.25, 0.3) is 11.7 Å². The van der Waals surface area contributed by atoms with Gasteiger partial charge in [-0.25, -0.2) is 5.01 Å². The number of fused-ring (bicyclic) bond motifs is 1. The Labute approximate surface area is 202 Å². The van der Waals surface area contributed by atoms with E-state index in [2.05, 4.69) is 21.9 Å². The smallest absolute Gasteiger partial charge is 0.313 e. The Morgan fingerprint density at radius 2 is 2.39 bits per heavy atom. The summed E-state index contributed by atoms with van der Waals surface area (Å²) in [5.74, 6) is -1.74. The Morgan fingerprint density at radius 3 is 3.03 bits per heavy atom. The molecule has 0 saturated carbocycles. The van der Waals surface area contributed by atoms with Crippen molar-refractivity contribution in [1.29, 1.82) is 5.26 Å². The predicted molar refractivity (Wildman–Crippen MR) is 126 cm³/mol. The molecule has 15 heteroatoms. The first-order valence-corrected chi connectivity index (χ1v) is 12.4. The van der Waals surface area contributed by atoms with E-state index in [4.69, 9.17) is 15.8 Å². The van der Waals surface area contributed by atoms with Gasteiger partial charge in [0.15, 0.2) is 0 Å². The molecule has 3 rings (SSSR count). The molecule has 0 radical (unpaired) electrons. The van der Waals surface area contributed by atoms with Crippen LogP contribution in [0.15, 0.2) is 40.5 Å². The standard InChI is InChI=1S/C18H21N7O5S3/c1-2-5-30-22-13(25-7-11(20)33-23-25)14(26)21-12-15(27)24-8-18(17(28)29,10-32-16(12)24)9-31-6-3-4-19/h2-3,6-7,12,16,23H,1,5,8-10,20H2,(H,21,26)(H,28,29)/t12?,16-,18?/m1/s1. The van der Waals surface area contributed by atoms with Crippen LogP contribution < -0.4 is 15.9 Å². The average molecular weight is 512 g/mol. The molecule has 0 aliphatic carbocycles. The molecular weight excluding hydrogens is 490 g/mol. The second kappa shape index (κ2) is 10.9. The van der Waals surface area contributed by atoms with Crippen molar-refractivity contribution < 1.29 is 24.3 Å². The minimum atomic E-state index is -1.15. The topological polar surface area (TPSA) is 173 Å². The fourth-order valence-electron chi connectivity index (χ4n) is 3.13. The first-order chi connectivity index (χ1) is 15.8. The number of hydrogen-bond donors (Lipinski definition) is 4. The van der Waals surface area contributed by atoms with Gasteiger partial charge in [-0.3, -0.25) is 14.4 Å². The van der Waals surface area contributed by atoms with Crippen LogP contribution in [-0.2, 0) is 19.2 Å². The first-order valence-electron chi connectivity index (χ1n) is 9.45. The summed E-state index contributed by atoms with van der Waals surface area (Å²) >= 11 is 3.57. The number of hydrogen-bond acceptors (Lipinski definition) is 11. The van der Waals surface area contributed by atoms with Gasteiger partial charge >= 0.3 is 5.97 Å². The molecule has 12 nitrogen and oxygen atoms in total. The van der Waals surface area contributed by atoms with E-state index < -0.39 is 28.7 Å². The summed E-state index contributed by atoms with van der Waals surface area (Å²) in [5, 5.41) is 27.7. The number of thioether (sulfide) groups is 2. The van der Waals surface area contributed by atoms with Gasteiger partial charge in [-0.05, 0) is 17.4 Å². The van der Waals surface area contributed by atoms with Crippen molar-refractivity contribution in [2.75, 3.05) is 24.7 Å². The fraction of sp³-hybridized carbons (Fsp3) is 0.389. The number of nitrogens with zero attached hydrogens (tertiary/aromatic N) is 4. The quantitative estimate of drug-likeness (QED) is 0.0501. The van der Waals surface area contributed by atoms with Crippen LogP contribution in [0.5, 0.6) is 0 Å². The summed E-state index contributed by atoms with van der Waals surface area (Å²) in [4.78, 5) is 46.9. The van der Waals surface area contributed by atoms with Gasteiger partial charge in [0.1, 0.15) is 28.5 Å². The molecule has 5 N–H and O–H groups in total. The van der Waals surface area contributed by atoms with Crippen molar-refractivity contribution in [3.05, 3.63) is 35.4 Å². The lowest BCUT2D eigenvalue weighted by Crippen LogP contribution is -2.74. The minimum absolute atomic E-state index is 0.0194. The maximum absolute atomic E-state index is 12.9. The predicted octanol–water partition coefficient (Wildman–Crippen LogP) is -0.0301. The van der Waals surface area contributed by atoms with Crippen LogP contribution in [0.4, 0.5) is 0 Å². The highest BCUT2D eigenvalue weighted by Crippen LogP contribution is 2.43. The third-order valence-corrected chi connectivity index (χ3v) is 8.04. The van der Waals surface area contributed by atoms with Crippen molar-refractivity contribution in [2.24, 2.45) is 16.3 Å². The first kappa shape index (κ1) is 24.8. The summed E-state index contributed by atoms with van der Waals surface area (Å²) in [5.41, 5.74) is 4.56. The van der Waals surface area contributed by atoms with E-state index >= 15 is 0 Å². The molecule has 0 spiro atoms. The fourth-order valence-corrected chi connectivity index (χ4v) is 6.19. The van der Waals surface area contributed by atoms with Gasteiger partial charge < -0.3 is 25.9 Å². The highest BCUT2D eigenvalue weighted by Gasteiger charge is 2.57. The number of nitriles is 1. The number of oxime groups is 1. The lowest BCUT2D eigenvalue weighted by molar-refractivity contribution is -0.157. The van der Waals surface area contributed by atoms with E-state index in [9.17, 15) is 19.5 Å². The summed E-state index contributed by atoms with van der Waals surface area (Å²) in [6, 6.07) is 1.02. The van der Waals surface area contributed by atoms with Crippen molar-refractivity contribution in [1.82, 2.24) is 20.1 Å². The molecule has 3 aliphatic rings. The summed E-state index contributed by atoms with van der Waals surface area (Å²) in [7, 11) is 0. The molecule has 2 fully saturated rings. The van der Waals surface area contributed by atoms with Gasteiger partial charge in [-0.1, -0.05) is 17.8 Å². The van der Waals surface area contributed by atoms with Crippen LogP contribution in [0.3, 0.4) is 0 Å². The average Bonchev–Trinajstić information content (AvgIpc) is 3.23. The van der Waals surface area contributed by atoms with Gasteiger partial charge in [0.2, 0.25) is 5.91 Å². The lowest BCUT2D eigenvalue weighted by Gasteiger charge is -2.53. The largest absolute Gasteiger partial charge is 0.481 e. The molecule has 33 heavy (non-hydrogen) atoms. The molecule has 2 saturated heterocycles. The monoisotopic (exact) mass is 511 g/mol. The number of carbonyl (C=O) groups excluding carboxylic acids is 2. The molecule has 3 aliphatic heterocycles. The number of rotatable bonds is 8. The Bertz CT molecular complexity index is 966. The molecule has 0 aromatic carbocycles. The number of aliphatic carboxylic acids is 1. The number of amides is 2. The zero-order chi connectivity index (χ0) is 24.0. The maximum Gasteiger partial charge on any atom is 0.313 e. The zero-order valence-electron chi connectivity index (χ0n) is 17.2. The highest BCUT2D eigenvalue weighted by atomic mass is 32.2. The summed E-state index contributed by atoms with van der Waals surface area (Å²) in [6.07, 6.45) is 4.18. The Hall–Kier alpha value is -2.80. The third kappa shape index (κ3) is 5.41. The third-order valence-electron chi connectivity index (χ3n) is 4.78. The van der Waals surface area contributed by atoms with Gasteiger partial charge in [0, 0.05) is 24.1 Å². The van der Waals surface area contributed by atoms with Gasteiger partial charge in [-0.15, -0.1) is 23.5 Å². The van der Waals surface area contributed by atoms with Gasteiger partial charge in [-0.2, -0.15) is 10.1 Å². The van der Waals surface area contributed by atoms with E-state index in [1.807, 2.05) is 6.07 Å². The molecule has 3 atom stereocenters. The van der Waals surface area contributed by atoms with Crippen LogP contribution >= 0.6 is 35.5 Å². The number of hydrazine groups is 1. The molecule has 176 valence electrons. The van der Waals surface area contributed by atoms with Crippen molar-refractivity contribution in [3.8, 4) is 6.07 Å². The highest BCUT2D eigenvalue weighted by molar-refractivity contribution is 8.02. The number of nitrogens with two attached hydrogens (primary N) is 1. The minimum Gasteiger partial charge on any atom is -0.481 e. The van der Waals surface area contributed by atoms with Crippen LogP contribution in [0.1, 0.15) is 0 Å². The molecule has 3 heterocycles. The van der Waals surface area contributed by atoms with E-state index in [-0.39, 0.29) is 36.4 Å². The number of carbonyl (C=O) groups is 3.